The van der Waals surface area contributed by atoms with Crippen LogP contribution in [0.2, 0.25) is 0 Å². The third-order valence-corrected chi connectivity index (χ3v) is 9.45. The van der Waals surface area contributed by atoms with Gasteiger partial charge in [-0.1, -0.05) is 75.7 Å². The summed E-state index contributed by atoms with van der Waals surface area (Å²) in [5.41, 5.74) is 4.33. The number of amides is 4. The van der Waals surface area contributed by atoms with Crippen LogP contribution in [0.5, 0.6) is 0 Å². The molecule has 0 saturated heterocycles. The maximum atomic E-state index is 14.1. The second kappa shape index (κ2) is 20.0. The molecule has 0 heterocycles. The van der Waals surface area contributed by atoms with E-state index in [1.54, 1.807) is 41.5 Å². The van der Waals surface area contributed by atoms with Gasteiger partial charge in [0.05, 0.1) is 11.6 Å². The molecule has 4 amide bonds. The number of hydrogen-bond acceptors (Lipinski definition) is 9. The van der Waals surface area contributed by atoms with Crippen LogP contribution in [0.1, 0.15) is 102 Å². The zero-order valence-corrected chi connectivity index (χ0v) is 33.1. The molecular formula is C36H67N5O9. The van der Waals surface area contributed by atoms with Gasteiger partial charge in [-0.15, -0.1) is 0 Å². The van der Waals surface area contributed by atoms with Crippen LogP contribution in [0.3, 0.4) is 0 Å². The quantitative estimate of drug-likeness (QED) is 0.136. The molecule has 14 heteroatoms. The van der Waals surface area contributed by atoms with E-state index in [1.807, 2.05) is 27.7 Å². The fourth-order valence-electron chi connectivity index (χ4n) is 6.09. The SMILES string of the molecule is CCC(C)[C@@H](OC(=O)[C@@H](N(C)C(=O)[C@H](CC(C)C)NC(=O)[C@H](C(C)C)N(C)C(=O)[C@@H](N)[C@H](C)CC)C(C)(C)O)C(=O)N(C)[C@H](C(=O)O)C(C)C. The van der Waals surface area contributed by atoms with E-state index in [-0.39, 0.29) is 24.2 Å². The van der Waals surface area contributed by atoms with E-state index in [4.69, 9.17) is 10.5 Å². The van der Waals surface area contributed by atoms with Crippen LogP contribution in [0.15, 0.2) is 0 Å². The molecule has 290 valence electrons. The number of carboxylic acid groups (broad SMARTS) is 1. The highest BCUT2D eigenvalue weighted by molar-refractivity contribution is 5.95. The predicted molar refractivity (Wildman–Crippen MR) is 191 cm³/mol. The number of nitrogens with one attached hydrogen (secondary N) is 1. The van der Waals surface area contributed by atoms with Crippen LogP contribution >= 0.6 is 0 Å². The van der Waals surface area contributed by atoms with E-state index in [0.717, 1.165) is 9.80 Å². The minimum atomic E-state index is -1.87. The van der Waals surface area contributed by atoms with Gasteiger partial charge in [0.15, 0.2) is 12.1 Å². The van der Waals surface area contributed by atoms with Crippen LogP contribution in [-0.4, -0.2) is 124 Å². The van der Waals surface area contributed by atoms with Gasteiger partial charge in [0, 0.05) is 27.1 Å². The summed E-state index contributed by atoms with van der Waals surface area (Å²) < 4.78 is 5.76. The second-order valence-electron chi connectivity index (χ2n) is 15.5. The summed E-state index contributed by atoms with van der Waals surface area (Å²) >= 11 is 0. The zero-order valence-electron chi connectivity index (χ0n) is 33.1. The van der Waals surface area contributed by atoms with E-state index in [0.29, 0.717) is 12.8 Å². The van der Waals surface area contributed by atoms with E-state index >= 15 is 0 Å². The van der Waals surface area contributed by atoms with Gasteiger partial charge in [-0.3, -0.25) is 19.2 Å². The summed E-state index contributed by atoms with van der Waals surface area (Å²) in [5.74, 6) is -6.22. The first-order chi connectivity index (χ1) is 22.8. The fourth-order valence-corrected chi connectivity index (χ4v) is 6.09. The summed E-state index contributed by atoms with van der Waals surface area (Å²) in [6, 6.07) is -5.73. The summed E-state index contributed by atoms with van der Waals surface area (Å²) in [6.07, 6.45) is -0.163. The Morgan fingerprint density at radius 2 is 1.20 bits per heavy atom. The van der Waals surface area contributed by atoms with Crippen molar-refractivity contribution in [2.75, 3.05) is 21.1 Å². The predicted octanol–water partition coefficient (Wildman–Crippen LogP) is 2.50. The molecule has 0 saturated carbocycles. The third kappa shape index (κ3) is 12.5. The first-order valence-corrected chi connectivity index (χ1v) is 17.8. The average molecular weight is 714 g/mol. The molecule has 0 rings (SSSR count). The summed E-state index contributed by atoms with van der Waals surface area (Å²) in [7, 11) is 4.14. The van der Waals surface area contributed by atoms with Crippen molar-refractivity contribution in [3.05, 3.63) is 0 Å². The van der Waals surface area contributed by atoms with Crippen molar-refractivity contribution < 1.29 is 43.7 Å². The molecule has 0 bridgehead atoms. The highest BCUT2D eigenvalue weighted by Crippen LogP contribution is 2.24. The Morgan fingerprint density at radius 3 is 1.58 bits per heavy atom. The van der Waals surface area contributed by atoms with Crippen molar-refractivity contribution in [3.63, 3.8) is 0 Å². The average Bonchev–Trinajstić information content (AvgIpc) is 2.99. The van der Waals surface area contributed by atoms with E-state index < -0.39 is 89.3 Å². The van der Waals surface area contributed by atoms with E-state index in [9.17, 15) is 39.0 Å². The molecule has 0 aliphatic rings. The number of rotatable bonds is 20. The molecule has 5 N–H and O–H groups in total. The fraction of sp³-hybridized carbons (Fsp3) is 0.833. The minimum absolute atomic E-state index is 0.0908. The van der Waals surface area contributed by atoms with Crippen molar-refractivity contribution in [1.29, 1.82) is 0 Å². The van der Waals surface area contributed by atoms with Gasteiger partial charge in [0.1, 0.15) is 18.1 Å². The molecule has 0 fully saturated rings. The summed E-state index contributed by atoms with van der Waals surface area (Å²) in [6.45, 7) is 20.5. The number of nitrogens with two attached hydrogens (primary N) is 1. The first-order valence-electron chi connectivity index (χ1n) is 17.8. The largest absolute Gasteiger partial charge is 0.480 e. The smallest absolute Gasteiger partial charge is 0.332 e. The minimum Gasteiger partial charge on any atom is -0.480 e. The highest BCUT2D eigenvalue weighted by Gasteiger charge is 2.46. The number of hydrogen-bond donors (Lipinski definition) is 4. The molecule has 0 aromatic rings. The molecule has 0 aliphatic carbocycles. The van der Waals surface area contributed by atoms with E-state index in [1.165, 1.54) is 39.9 Å². The lowest BCUT2D eigenvalue weighted by atomic mass is 9.94. The molecule has 0 radical (unpaired) electrons. The molecule has 0 aromatic heterocycles. The number of nitrogens with zero attached hydrogens (tertiary/aromatic N) is 3. The van der Waals surface area contributed by atoms with Gasteiger partial charge in [0.2, 0.25) is 17.7 Å². The lowest BCUT2D eigenvalue weighted by molar-refractivity contribution is -0.178. The molecule has 14 nitrogen and oxygen atoms in total. The molecule has 0 aromatic carbocycles. The van der Waals surface area contributed by atoms with Gasteiger partial charge >= 0.3 is 11.9 Å². The lowest BCUT2D eigenvalue weighted by Crippen LogP contribution is -2.62. The molecule has 0 spiro atoms. The Kier molecular flexibility index (Phi) is 18.7. The van der Waals surface area contributed by atoms with Crippen molar-refractivity contribution >= 4 is 35.6 Å². The first kappa shape index (κ1) is 46.7. The zero-order chi connectivity index (χ0) is 39.6. The van der Waals surface area contributed by atoms with Crippen LogP contribution in [0, 0.1) is 29.6 Å². The van der Waals surface area contributed by atoms with Crippen LogP contribution in [-0.2, 0) is 33.5 Å². The van der Waals surface area contributed by atoms with Crippen molar-refractivity contribution in [3.8, 4) is 0 Å². The van der Waals surface area contributed by atoms with Gasteiger partial charge < -0.3 is 40.7 Å². The Labute approximate surface area is 299 Å². The number of carbonyl (C=O) groups excluding carboxylic acids is 5. The van der Waals surface area contributed by atoms with Crippen molar-refractivity contribution in [1.82, 2.24) is 20.0 Å². The molecular weight excluding hydrogens is 646 g/mol. The lowest BCUT2D eigenvalue weighted by Gasteiger charge is -2.39. The van der Waals surface area contributed by atoms with Gasteiger partial charge in [-0.2, -0.15) is 0 Å². The number of likely N-dealkylation sites (N-methyl/N-ethyl adjacent to an activating group) is 3. The Balaban J connectivity index is 6.62. The topological polar surface area (TPSA) is 200 Å². The Hall–Kier alpha value is -3.26. The maximum Gasteiger partial charge on any atom is 0.332 e. The molecule has 1 unspecified atom stereocenters. The second-order valence-corrected chi connectivity index (χ2v) is 15.5. The number of esters is 1. The van der Waals surface area contributed by atoms with Crippen molar-refractivity contribution in [2.45, 2.75) is 144 Å². The maximum absolute atomic E-state index is 14.1. The standard InChI is InChI=1S/C36H67N5O9/c1-16-22(9)25(37)32(44)39(13)26(20(5)6)30(42)38-24(18-19(3)4)31(43)41(15)29(36(11,12)49)35(48)50-28(23(10)17-2)33(45)40(14)27(21(7)8)34(46)47/h19-29,49H,16-18,37H2,1-15H3,(H,38,42)(H,46,47)/t22-,23?,24+,25+,26+,27+,28-,29-/m1/s1. The number of ether oxygens (including phenoxy) is 1. The number of aliphatic hydroxyl groups is 1. The van der Waals surface area contributed by atoms with Crippen LogP contribution < -0.4 is 11.1 Å². The summed E-state index contributed by atoms with van der Waals surface area (Å²) in [4.78, 5) is 84.1. The van der Waals surface area contributed by atoms with Crippen LogP contribution in [0.25, 0.3) is 0 Å². The number of carbonyl (C=O) groups is 6. The molecule has 50 heavy (non-hydrogen) atoms. The number of carboxylic acids is 1. The third-order valence-electron chi connectivity index (χ3n) is 9.45. The van der Waals surface area contributed by atoms with Gasteiger partial charge in [-0.25, -0.2) is 9.59 Å². The molecule has 0 aliphatic heterocycles. The Morgan fingerprint density at radius 1 is 0.740 bits per heavy atom. The highest BCUT2D eigenvalue weighted by atomic mass is 16.6. The van der Waals surface area contributed by atoms with Crippen LogP contribution in [0.4, 0.5) is 0 Å². The summed E-state index contributed by atoms with van der Waals surface area (Å²) in [5, 5.41) is 23.8. The van der Waals surface area contributed by atoms with Gasteiger partial charge in [0.25, 0.3) is 5.91 Å². The van der Waals surface area contributed by atoms with Gasteiger partial charge in [-0.05, 0) is 50.4 Å². The van der Waals surface area contributed by atoms with E-state index in [2.05, 4.69) is 5.32 Å². The Bertz CT molecular complexity index is 1170. The number of aliphatic carboxylic acids is 1. The van der Waals surface area contributed by atoms with Crippen molar-refractivity contribution in [2.24, 2.45) is 35.3 Å². The normalized spacial score (nSPS) is 16.8. The molecule has 8 atom stereocenters. The monoisotopic (exact) mass is 713 g/mol.